The van der Waals surface area contributed by atoms with Crippen LogP contribution in [0.2, 0.25) is 0 Å². The van der Waals surface area contributed by atoms with Gasteiger partial charge in [0.1, 0.15) is 5.60 Å². The summed E-state index contributed by atoms with van der Waals surface area (Å²) in [5.74, 6) is 0. The van der Waals surface area contributed by atoms with Gasteiger partial charge in [-0.05, 0) is 20.8 Å². The van der Waals surface area contributed by atoms with Gasteiger partial charge in [0.25, 0.3) is 6.47 Å². The maximum atomic E-state index is 9.60. The van der Waals surface area contributed by atoms with Crippen LogP contribution < -0.4 is 5.32 Å². The number of morpholine rings is 1. The number of carbonyl (C=O) groups excluding carboxylic acids is 1. The molecule has 1 heterocycles. The van der Waals surface area contributed by atoms with Gasteiger partial charge < -0.3 is 14.8 Å². The summed E-state index contributed by atoms with van der Waals surface area (Å²) in [6.07, 6.45) is 0. The quantitative estimate of drug-likeness (QED) is 0.612. The van der Waals surface area contributed by atoms with E-state index >= 15 is 0 Å². The lowest BCUT2D eigenvalue weighted by atomic mass is 10.2. The van der Waals surface area contributed by atoms with Gasteiger partial charge in [-0.2, -0.15) is 0 Å². The summed E-state index contributed by atoms with van der Waals surface area (Å²) in [5.41, 5.74) is -0.318. The van der Waals surface area contributed by atoms with Gasteiger partial charge in [-0.3, -0.25) is 4.79 Å². The Labute approximate surface area is 79.6 Å². The average molecular weight is 189 g/mol. The highest BCUT2D eigenvalue weighted by Crippen LogP contribution is 2.02. The minimum Gasteiger partial charge on any atom is -0.462 e. The molecule has 1 aliphatic rings. The van der Waals surface area contributed by atoms with Crippen LogP contribution in [0, 0.1) is 0 Å². The largest absolute Gasteiger partial charge is 0.462 e. The second-order valence-electron chi connectivity index (χ2n) is 3.69. The fourth-order valence-electron chi connectivity index (χ4n) is 0.660. The molecule has 4 heteroatoms. The lowest BCUT2D eigenvalue weighted by Crippen LogP contribution is -2.30. The molecule has 0 radical (unpaired) electrons. The van der Waals surface area contributed by atoms with Crippen molar-refractivity contribution in [3.8, 4) is 0 Å². The normalized spacial score (nSPS) is 16.8. The molecule has 1 aliphatic heterocycles. The number of hydrogen-bond donors (Lipinski definition) is 1. The lowest BCUT2D eigenvalue weighted by molar-refractivity contribution is -0.138. The Hall–Kier alpha value is -0.610. The Morgan fingerprint density at radius 2 is 1.85 bits per heavy atom. The van der Waals surface area contributed by atoms with Crippen molar-refractivity contribution in [1.82, 2.24) is 5.32 Å². The molecular weight excluding hydrogens is 170 g/mol. The maximum Gasteiger partial charge on any atom is 0.293 e. The molecule has 0 aromatic carbocycles. The second kappa shape index (κ2) is 6.86. The monoisotopic (exact) mass is 189 g/mol. The van der Waals surface area contributed by atoms with Gasteiger partial charge in [0.15, 0.2) is 0 Å². The average Bonchev–Trinajstić information content (AvgIpc) is 2.06. The van der Waals surface area contributed by atoms with Gasteiger partial charge in [-0.1, -0.05) is 0 Å². The molecule has 13 heavy (non-hydrogen) atoms. The first-order chi connectivity index (χ1) is 6.06. The van der Waals surface area contributed by atoms with E-state index in [4.69, 9.17) is 4.74 Å². The molecule has 0 aliphatic carbocycles. The first-order valence-electron chi connectivity index (χ1n) is 4.46. The molecule has 0 bridgehead atoms. The number of carbonyl (C=O) groups is 1. The van der Waals surface area contributed by atoms with Crippen molar-refractivity contribution >= 4 is 6.47 Å². The van der Waals surface area contributed by atoms with Crippen LogP contribution in [0.5, 0.6) is 0 Å². The summed E-state index contributed by atoms with van der Waals surface area (Å²) in [7, 11) is 0. The van der Waals surface area contributed by atoms with Crippen LogP contribution in [0.4, 0.5) is 0 Å². The van der Waals surface area contributed by atoms with E-state index in [1.54, 1.807) is 0 Å². The predicted molar refractivity (Wildman–Crippen MR) is 50.6 cm³/mol. The van der Waals surface area contributed by atoms with Gasteiger partial charge in [0.2, 0.25) is 0 Å². The molecule has 4 nitrogen and oxygen atoms in total. The van der Waals surface area contributed by atoms with Crippen molar-refractivity contribution in [2.75, 3.05) is 26.3 Å². The summed E-state index contributed by atoms with van der Waals surface area (Å²) >= 11 is 0. The topological polar surface area (TPSA) is 47.6 Å². The Morgan fingerprint density at radius 1 is 1.31 bits per heavy atom. The highest BCUT2D eigenvalue weighted by atomic mass is 16.5. The third-order valence-corrected chi connectivity index (χ3v) is 1.25. The van der Waals surface area contributed by atoms with Gasteiger partial charge in [-0.15, -0.1) is 0 Å². The second-order valence-corrected chi connectivity index (χ2v) is 3.69. The van der Waals surface area contributed by atoms with Crippen LogP contribution in [0.25, 0.3) is 0 Å². The van der Waals surface area contributed by atoms with Crippen molar-refractivity contribution in [2.24, 2.45) is 0 Å². The summed E-state index contributed by atoms with van der Waals surface area (Å²) in [6, 6.07) is 0. The van der Waals surface area contributed by atoms with E-state index in [9.17, 15) is 4.79 Å². The zero-order valence-electron chi connectivity index (χ0n) is 8.63. The highest BCUT2D eigenvalue weighted by molar-refractivity contribution is 5.37. The van der Waals surface area contributed by atoms with Crippen LogP contribution in [0.1, 0.15) is 20.8 Å². The molecule has 0 spiro atoms. The van der Waals surface area contributed by atoms with Crippen LogP contribution in [0.15, 0.2) is 0 Å². The van der Waals surface area contributed by atoms with Gasteiger partial charge in [-0.25, -0.2) is 0 Å². The summed E-state index contributed by atoms with van der Waals surface area (Å²) in [5, 5.41) is 3.16. The fourth-order valence-corrected chi connectivity index (χ4v) is 0.660. The first kappa shape index (κ1) is 12.4. The molecule has 78 valence electrons. The first-order valence-corrected chi connectivity index (χ1v) is 4.46. The molecule has 0 atom stereocenters. The van der Waals surface area contributed by atoms with E-state index in [1.165, 1.54) is 0 Å². The molecule has 1 saturated heterocycles. The van der Waals surface area contributed by atoms with E-state index in [0.29, 0.717) is 6.47 Å². The predicted octanol–water partition coefficient (Wildman–Crippen LogP) is 0.564. The standard InChI is InChI=1S/C5H10O2.C4H9NO/c1-5(2,3)7-4-6;1-3-6-4-2-5-1/h4H,1-3H3;5H,1-4H2. The number of ether oxygens (including phenoxy) is 2. The molecule has 0 aromatic rings. The molecule has 0 saturated carbocycles. The van der Waals surface area contributed by atoms with Crippen LogP contribution in [-0.2, 0) is 14.3 Å². The van der Waals surface area contributed by atoms with Crippen molar-refractivity contribution < 1.29 is 14.3 Å². The number of rotatable bonds is 1. The molecule has 1 N–H and O–H groups in total. The van der Waals surface area contributed by atoms with E-state index in [0.717, 1.165) is 26.3 Å². The van der Waals surface area contributed by atoms with Crippen LogP contribution in [-0.4, -0.2) is 38.4 Å². The molecule has 0 amide bonds. The van der Waals surface area contributed by atoms with Crippen molar-refractivity contribution in [3.63, 3.8) is 0 Å². The Balaban J connectivity index is 0.000000223. The minimum absolute atomic E-state index is 0.318. The highest BCUT2D eigenvalue weighted by Gasteiger charge is 2.07. The SMILES string of the molecule is C1COCCN1.CC(C)(C)OC=O. The van der Waals surface area contributed by atoms with E-state index in [1.807, 2.05) is 20.8 Å². The minimum atomic E-state index is -0.318. The fraction of sp³-hybridized carbons (Fsp3) is 0.889. The molecule has 1 rings (SSSR count). The summed E-state index contributed by atoms with van der Waals surface area (Å²) in [6.45, 7) is 9.75. The molecule has 0 unspecified atom stereocenters. The molecular formula is C9H19NO3. The Kier molecular flexibility index (Phi) is 6.54. The summed E-state index contributed by atoms with van der Waals surface area (Å²) < 4.78 is 9.56. The van der Waals surface area contributed by atoms with Crippen molar-refractivity contribution in [3.05, 3.63) is 0 Å². The lowest BCUT2D eigenvalue weighted by Gasteiger charge is -2.14. The van der Waals surface area contributed by atoms with Crippen LogP contribution in [0.3, 0.4) is 0 Å². The number of hydrogen-bond acceptors (Lipinski definition) is 4. The molecule has 0 aromatic heterocycles. The van der Waals surface area contributed by atoms with E-state index < -0.39 is 0 Å². The zero-order chi connectivity index (χ0) is 10.2. The van der Waals surface area contributed by atoms with Gasteiger partial charge in [0, 0.05) is 13.1 Å². The number of nitrogens with one attached hydrogen (secondary N) is 1. The Bertz CT molecular complexity index is 116. The summed E-state index contributed by atoms with van der Waals surface area (Å²) in [4.78, 5) is 9.60. The third-order valence-electron chi connectivity index (χ3n) is 1.25. The van der Waals surface area contributed by atoms with Crippen molar-refractivity contribution in [2.45, 2.75) is 26.4 Å². The van der Waals surface area contributed by atoms with E-state index in [-0.39, 0.29) is 5.60 Å². The Morgan fingerprint density at radius 3 is 1.92 bits per heavy atom. The zero-order valence-corrected chi connectivity index (χ0v) is 8.63. The maximum absolute atomic E-state index is 9.60. The van der Waals surface area contributed by atoms with Gasteiger partial charge >= 0.3 is 0 Å². The smallest absolute Gasteiger partial charge is 0.293 e. The van der Waals surface area contributed by atoms with E-state index in [2.05, 4.69) is 10.1 Å². The van der Waals surface area contributed by atoms with Crippen LogP contribution >= 0.6 is 0 Å². The van der Waals surface area contributed by atoms with Crippen molar-refractivity contribution in [1.29, 1.82) is 0 Å². The molecule has 1 fully saturated rings. The van der Waals surface area contributed by atoms with Gasteiger partial charge in [0.05, 0.1) is 13.2 Å². The third kappa shape index (κ3) is 11.4.